The lowest BCUT2D eigenvalue weighted by molar-refractivity contribution is -0.137. The van der Waals surface area contributed by atoms with Gasteiger partial charge < -0.3 is 19.3 Å². The first kappa shape index (κ1) is 31.6. The highest BCUT2D eigenvalue weighted by atomic mass is 35.5. The molecule has 2 atom stereocenters. The van der Waals surface area contributed by atoms with Crippen LogP contribution in [-0.2, 0) is 23.9 Å². The molecule has 4 fully saturated rings. The molecule has 250 valence electrons. The van der Waals surface area contributed by atoms with Crippen molar-refractivity contribution in [3.05, 3.63) is 40.0 Å². The Bertz CT molecular complexity index is 1480. The maximum atomic E-state index is 14.1. The molecule has 0 N–H and O–H groups in total. The number of carbonyl (C=O) groups is 1. The van der Waals surface area contributed by atoms with Crippen LogP contribution in [0.4, 0.5) is 29.5 Å². The van der Waals surface area contributed by atoms with E-state index in [4.69, 9.17) is 31.0 Å². The smallest absolute Gasteiger partial charge is 0.419 e. The van der Waals surface area contributed by atoms with Crippen molar-refractivity contribution in [1.82, 2.24) is 19.8 Å². The number of benzene rings is 1. The minimum Gasteiger partial charge on any atom is -0.461 e. The first-order chi connectivity index (χ1) is 21.8. The highest BCUT2D eigenvalue weighted by Crippen LogP contribution is 2.44. The van der Waals surface area contributed by atoms with E-state index in [1.165, 1.54) is 12.1 Å². The molecule has 0 aliphatic carbocycles. The van der Waals surface area contributed by atoms with E-state index in [0.29, 0.717) is 38.4 Å². The van der Waals surface area contributed by atoms with Crippen molar-refractivity contribution >= 4 is 29.2 Å². The average molecular weight is 663 g/mol. The van der Waals surface area contributed by atoms with Gasteiger partial charge in [-0.3, -0.25) is 9.80 Å². The zero-order valence-corrected chi connectivity index (χ0v) is 27.5. The van der Waals surface area contributed by atoms with E-state index in [9.17, 15) is 18.0 Å². The predicted molar refractivity (Wildman–Crippen MR) is 169 cm³/mol. The Morgan fingerprint density at radius 1 is 1.02 bits per heavy atom. The topological polar surface area (TPSA) is 74.3 Å². The fraction of sp³-hybridized carbons (Fsp3) is 0.667. The number of nitrogens with zero attached hydrogens (tertiary/aromatic N) is 6. The highest BCUT2D eigenvalue weighted by Gasteiger charge is 2.47. The quantitative estimate of drug-likeness (QED) is 0.369. The number of hydrogen-bond donors (Lipinski definition) is 0. The summed E-state index contributed by atoms with van der Waals surface area (Å²) in [6.45, 7) is 9.95. The summed E-state index contributed by atoms with van der Waals surface area (Å²) in [5.74, 6) is 0.759. The van der Waals surface area contributed by atoms with E-state index in [-0.39, 0.29) is 47.0 Å². The number of aromatic nitrogens is 2. The summed E-state index contributed by atoms with van der Waals surface area (Å²) in [7, 11) is 0. The standard InChI is InChI=1S/C33H42ClF3N6O3/c1-31(2,3)46-30(44)43-21-9-10-22(43)18-41(17-21)28-23-11-16-40(26-8-4-7-24(34)27(26)33(35,36)37)19-25(23)38-29(39-28)45-20-32-12-5-14-42(32)15-6-13-32/h4,7-8,21-22H,5-6,9-20H2,1-3H3/t21-,22+. The van der Waals surface area contributed by atoms with Gasteiger partial charge >= 0.3 is 18.3 Å². The van der Waals surface area contributed by atoms with Crippen LogP contribution in [0.25, 0.3) is 0 Å². The molecule has 9 nitrogen and oxygen atoms in total. The number of rotatable bonds is 5. The van der Waals surface area contributed by atoms with Crippen LogP contribution in [-0.4, -0.2) is 88.4 Å². The number of ether oxygens (including phenoxy) is 2. The van der Waals surface area contributed by atoms with Crippen molar-refractivity contribution < 1.29 is 27.4 Å². The molecular formula is C33H42ClF3N6O3. The van der Waals surface area contributed by atoms with Gasteiger partial charge in [-0.2, -0.15) is 23.1 Å². The van der Waals surface area contributed by atoms with E-state index >= 15 is 0 Å². The van der Waals surface area contributed by atoms with Crippen molar-refractivity contribution in [3.8, 4) is 6.01 Å². The molecular weight excluding hydrogens is 621 g/mol. The third-order valence-electron chi connectivity index (χ3n) is 10.3. The van der Waals surface area contributed by atoms with Crippen LogP contribution in [0.3, 0.4) is 0 Å². The third-order valence-corrected chi connectivity index (χ3v) is 10.6. The summed E-state index contributed by atoms with van der Waals surface area (Å²) in [5, 5.41) is -0.321. The number of alkyl halides is 3. The Hall–Kier alpha value is -2.99. The average Bonchev–Trinajstić information content (AvgIpc) is 3.64. The van der Waals surface area contributed by atoms with Gasteiger partial charge in [0, 0.05) is 25.2 Å². The van der Waals surface area contributed by atoms with Gasteiger partial charge in [0.15, 0.2) is 0 Å². The Morgan fingerprint density at radius 2 is 1.72 bits per heavy atom. The van der Waals surface area contributed by atoms with Crippen molar-refractivity contribution in [2.45, 2.75) is 102 Å². The third kappa shape index (κ3) is 5.84. The maximum absolute atomic E-state index is 14.1. The molecule has 1 amide bonds. The summed E-state index contributed by atoms with van der Waals surface area (Å²) < 4.78 is 54.6. The molecule has 0 spiro atoms. The van der Waals surface area contributed by atoms with Gasteiger partial charge in [0.1, 0.15) is 18.0 Å². The number of halogens is 4. The molecule has 1 aromatic heterocycles. The normalized spacial score (nSPS) is 24.3. The van der Waals surface area contributed by atoms with Crippen LogP contribution in [0.2, 0.25) is 5.02 Å². The summed E-state index contributed by atoms with van der Waals surface area (Å²) in [6.07, 6.45) is 1.75. The van der Waals surface area contributed by atoms with Crippen molar-refractivity contribution in [2.24, 2.45) is 0 Å². The van der Waals surface area contributed by atoms with Gasteiger partial charge in [-0.05, 0) is 90.9 Å². The lowest BCUT2D eigenvalue weighted by Gasteiger charge is -2.43. The van der Waals surface area contributed by atoms with E-state index in [1.54, 1.807) is 11.0 Å². The number of anilines is 2. The van der Waals surface area contributed by atoms with E-state index in [1.807, 2.05) is 25.7 Å². The maximum Gasteiger partial charge on any atom is 0.419 e. The molecule has 2 bridgehead atoms. The molecule has 0 unspecified atom stereocenters. The minimum absolute atomic E-state index is 0.00793. The van der Waals surface area contributed by atoms with Crippen LogP contribution >= 0.6 is 11.6 Å². The van der Waals surface area contributed by atoms with E-state index < -0.39 is 17.3 Å². The summed E-state index contributed by atoms with van der Waals surface area (Å²) >= 11 is 6.10. The summed E-state index contributed by atoms with van der Waals surface area (Å²) in [6, 6.07) is 4.52. The van der Waals surface area contributed by atoms with Crippen LogP contribution < -0.4 is 14.5 Å². The molecule has 46 heavy (non-hydrogen) atoms. The van der Waals surface area contributed by atoms with Gasteiger partial charge in [0.05, 0.1) is 46.1 Å². The summed E-state index contributed by atoms with van der Waals surface area (Å²) in [5.41, 5.74) is 0.206. The molecule has 4 saturated heterocycles. The van der Waals surface area contributed by atoms with Crippen LogP contribution in [0.1, 0.15) is 76.1 Å². The fourth-order valence-corrected chi connectivity index (χ4v) is 8.60. The molecule has 5 aliphatic rings. The SMILES string of the molecule is CC(C)(C)OC(=O)N1[C@@H]2CC[C@H]1CN(c1nc(OCC34CCCN3CCC4)nc3c1CCN(c1cccc(Cl)c1C(F)(F)F)C3)C2. The molecule has 2 aromatic rings. The minimum atomic E-state index is -4.60. The van der Waals surface area contributed by atoms with E-state index in [2.05, 4.69) is 9.80 Å². The Balaban J connectivity index is 1.20. The molecule has 13 heteroatoms. The van der Waals surface area contributed by atoms with Crippen molar-refractivity contribution in [2.75, 3.05) is 49.1 Å². The Kier molecular flexibility index (Phi) is 7.98. The van der Waals surface area contributed by atoms with Gasteiger partial charge in [-0.25, -0.2) is 4.79 Å². The predicted octanol–water partition coefficient (Wildman–Crippen LogP) is 6.31. The second kappa shape index (κ2) is 11.6. The number of hydrogen-bond acceptors (Lipinski definition) is 8. The highest BCUT2D eigenvalue weighted by molar-refractivity contribution is 6.31. The molecule has 1 aromatic carbocycles. The molecule has 0 radical (unpaired) electrons. The van der Waals surface area contributed by atoms with Crippen LogP contribution in [0.15, 0.2) is 18.2 Å². The Labute approximate surface area is 273 Å². The Morgan fingerprint density at radius 3 is 2.37 bits per heavy atom. The van der Waals surface area contributed by atoms with Gasteiger partial charge in [-0.15, -0.1) is 0 Å². The lowest BCUT2D eigenvalue weighted by Crippen LogP contribution is -2.57. The number of fused-ring (bicyclic) bond motifs is 4. The zero-order valence-electron chi connectivity index (χ0n) is 26.7. The second-order valence-corrected chi connectivity index (χ2v) is 14.9. The number of amides is 1. The van der Waals surface area contributed by atoms with Crippen molar-refractivity contribution in [1.29, 1.82) is 0 Å². The van der Waals surface area contributed by atoms with Gasteiger partial charge in [0.2, 0.25) is 0 Å². The fourth-order valence-electron chi connectivity index (χ4n) is 8.33. The molecule has 5 aliphatic heterocycles. The molecule has 0 saturated carbocycles. The lowest BCUT2D eigenvalue weighted by atomic mass is 9.95. The van der Waals surface area contributed by atoms with Crippen LogP contribution in [0.5, 0.6) is 6.01 Å². The van der Waals surface area contributed by atoms with Crippen molar-refractivity contribution in [3.63, 3.8) is 0 Å². The van der Waals surface area contributed by atoms with Gasteiger partial charge in [0.25, 0.3) is 0 Å². The monoisotopic (exact) mass is 662 g/mol. The summed E-state index contributed by atoms with van der Waals surface area (Å²) in [4.78, 5) is 31.3. The van der Waals surface area contributed by atoms with Crippen LogP contribution in [0, 0.1) is 0 Å². The first-order valence-electron chi connectivity index (χ1n) is 16.5. The van der Waals surface area contributed by atoms with Gasteiger partial charge in [-0.1, -0.05) is 17.7 Å². The van der Waals surface area contributed by atoms with E-state index in [0.717, 1.165) is 63.0 Å². The number of carbonyl (C=O) groups excluding carboxylic acids is 1. The first-order valence-corrected chi connectivity index (χ1v) is 16.8. The zero-order chi connectivity index (χ0) is 32.4. The molecule has 6 heterocycles. The second-order valence-electron chi connectivity index (χ2n) is 14.4. The number of piperazine rings is 1. The molecule has 7 rings (SSSR count). The largest absolute Gasteiger partial charge is 0.461 e.